The van der Waals surface area contributed by atoms with E-state index in [0.29, 0.717) is 35.2 Å². The summed E-state index contributed by atoms with van der Waals surface area (Å²) in [5.74, 6) is -0.258. The molecule has 0 fully saturated rings. The summed E-state index contributed by atoms with van der Waals surface area (Å²) in [6.07, 6.45) is 3.79. The number of halogens is 1. The van der Waals surface area contributed by atoms with E-state index in [1.807, 2.05) is 53.4 Å². The van der Waals surface area contributed by atoms with E-state index in [9.17, 15) is 9.59 Å². The van der Waals surface area contributed by atoms with Crippen LogP contribution in [0.3, 0.4) is 0 Å². The first-order valence-corrected chi connectivity index (χ1v) is 10.4. The lowest BCUT2D eigenvalue weighted by molar-refractivity contribution is -0.111. The quantitative estimate of drug-likeness (QED) is 0.621. The van der Waals surface area contributed by atoms with Crippen LogP contribution in [0.1, 0.15) is 26.5 Å². The highest BCUT2D eigenvalue weighted by atomic mass is 35.5. The molecule has 29 heavy (non-hydrogen) atoms. The first-order chi connectivity index (χ1) is 14.1. The van der Waals surface area contributed by atoms with Crippen molar-refractivity contribution in [1.29, 1.82) is 0 Å². The van der Waals surface area contributed by atoms with E-state index in [1.54, 1.807) is 12.1 Å². The first kappa shape index (κ1) is 19.4. The van der Waals surface area contributed by atoms with Crippen LogP contribution in [0.4, 0.5) is 5.13 Å². The van der Waals surface area contributed by atoms with Crippen LogP contribution >= 0.6 is 22.9 Å². The van der Waals surface area contributed by atoms with Crippen molar-refractivity contribution >= 4 is 46.0 Å². The first-order valence-electron chi connectivity index (χ1n) is 9.16. The zero-order valence-corrected chi connectivity index (χ0v) is 17.0. The Morgan fingerprint density at radius 3 is 2.66 bits per heavy atom. The molecule has 0 aliphatic carbocycles. The minimum absolute atomic E-state index is 0.0120. The second-order valence-corrected chi connectivity index (χ2v) is 8.07. The molecule has 0 radical (unpaired) electrons. The highest BCUT2D eigenvalue weighted by Crippen LogP contribution is 2.29. The van der Waals surface area contributed by atoms with Crippen molar-refractivity contribution in [2.24, 2.45) is 0 Å². The van der Waals surface area contributed by atoms with Crippen molar-refractivity contribution in [3.63, 3.8) is 0 Å². The molecule has 0 spiro atoms. The standard InChI is InChI=1S/C22H18ClN3O2S/c23-17-9-5-4-6-15(17)10-11-20(27)25-22-24-18-12-13-26(14-19(18)29-22)21(28)16-7-2-1-3-8-16/h1-11H,12-14H2,(H,24,25,27)/b11-10+. The van der Waals surface area contributed by atoms with Gasteiger partial charge in [0, 0.05) is 34.5 Å². The maximum absolute atomic E-state index is 12.7. The Labute approximate surface area is 177 Å². The second-order valence-electron chi connectivity index (χ2n) is 6.58. The molecular weight excluding hydrogens is 406 g/mol. The lowest BCUT2D eigenvalue weighted by Crippen LogP contribution is -2.35. The van der Waals surface area contributed by atoms with Gasteiger partial charge in [0.1, 0.15) is 0 Å². The largest absolute Gasteiger partial charge is 0.333 e. The van der Waals surface area contributed by atoms with Crippen LogP contribution in [0.5, 0.6) is 0 Å². The summed E-state index contributed by atoms with van der Waals surface area (Å²) < 4.78 is 0. The third-order valence-electron chi connectivity index (χ3n) is 4.59. The van der Waals surface area contributed by atoms with Crippen molar-refractivity contribution in [3.05, 3.63) is 87.4 Å². The molecule has 3 aromatic rings. The summed E-state index contributed by atoms with van der Waals surface area (Å²) in [4.78, 5) is 32.2. The number of benzene rings is 2. The average Bonchev–Trinajstić information content (AvgIpc) is 3.14. The summed E-state index contributed by atoms with van der Waals surface area (Å²) in [5, 5.41) is 3.93. The van der Waals surface area contributed by atoms with Gasteiger partial charge in [-0.15, -0.1) is 0 Å². The Balaban J connectivity index is 1.41. The van der Waals surface area contributed by atoms with Gasteiger partial charge in [-0.05, 0) is 29.8 Å². The minimum Gasteiger partial charge on any atom is -0.333 e. The van der Waals surface area contributed by atoms with E-state index in [2.05, 4.69) is 10.3 Å². The SMILES string of the molecule is O=C(/C=C/c1ccccc1Cl)Nc1nc2c(s1)CN(C(=O)c1ccccc1)CC2. The van der Waals surface area contributed by atoms with Crippen LogP contribution in [0.25, 0.3) is 6.08 Å². The van der Waals surface area contributed by atoms with Crippen LogP contribution in [-0.4, -0.2) is 28.2 Å². The van der Waals surface area contributed by atoms with Crippen molar-refractivity contribution in [3.8, 4) is 0 Å². The number of aromatic nitrogens is 1. The summed E-state index contributed by atoms with van der Waals surface area (Å²) in [7, 11) is 0. The van der Waals surface area contributed by atoms with Crippen molar-refractivity contribution in [2.75, 3.05) is 11.9 Å². The van der Waals surface area contributed by atoms with Gasteiger partial charge in [0.25, 0.3) is 5.91 Å². The van der Waals surface area contributed by atoms with Gasteiger partial charge in [-0.1, -0.05) is 59.3 Å². The summed E-state index contributed by atoms with van der Waals surface area (Å²) in [6, 6.07) is 16.6. The van der Waals surface area contributed by atoms with E-state index in [0.717, 1.165) is 16.1 Å². The Morgan fingerprint density at radius 2 is 1.86 bits per heavy atom. The molecule has 0 saturated carbocycles. The number of nitrogens with zero attached hydrogens (tertiary/aromatic N) is 2. The van der Waals surface area contributed by atoms with Gasteiger partial charge in [0.2, 0.25) is 5.91 Å². The molecule has 7 heteroatoms. The Hall–Kier alpha value is -2.96. The van der Waals surface area contributed by atoms with E-state index in [1.165, 1.54) is 17.4 Å². The fourth-order valence-corrected chi connectivity index (χ4v) is 4.33. The fraction of sp³-hybridized carbons (Fsp3) is 0.136. The number of fused-ring (bicyclic) bond motifs is 1. The van der Waals surface area contributed by atoms with Gasteiger partial charge in [-0.3, -0.25) is 14.9 Å². The normalized spacial score (nSPS) is 13.3. The van der Waals surface area contributed by atoms with Crippen LogP contribution in [0.2, 0.25) is 5.02 Å². The van der Waals surface area contributed by atoms with Gasteiger partial charge >= 0.3 is 0 Å². The van der Waals surface area contributed by atoms with E-state index in [4.69, 9.17) is 11.6 Å². The molecule has 4 rings (SSSR count). The van der Waals surface area contributed by atoms with Crippen LogP contribution in [-0.2, 0) is 17.8 Å². The van der Waals surface area contributed by atoms with Gasteiger partial charge in [0.15, 0.2) is 5.13 Å². The number of hydrogen-bond acceptors (Lipinski definition) is 4. The second kappa shape index (κ2) is 8.59. The number of anilines is 1. The van der Waals surface area contributed by atoms with Gasteiger partial charge < -0.3 is 4.90 Å². The Morgan fingerprint density at radius 1 is 1.10 bits per heavy atom. The molecule has 2 heterocycles. The number of rotatable bonds is 4. The van der Waals surface area contributed by atoms with Crippen LogP contribution in [0, 0.1) is 0 Å². The maximum Gasteiger partial charge on any atom is 0.254 e. The van der Waals surface area contributed by atoms with Crippen LogP contribution in [0.15, 0.2) is 60.7 Å². The van der Waals surface area contributed by atoms with Gasteiger partial charge in [-0.2, -0.15) is 0 Å². The predicted molar refractivity (Wildman–Crippen MR) is 116 cm³/mol. The molecular formula is C22H18ClN3O2S. The smallest absolute Gasteiger partial charge is 0.254 e. The fourth-order valence-electron chi connectivity index (χ4n) is 3.11. The zero-order chi connectivity index (χ0) is 20.2. The van der Waals surface area contributed by atoms with E-state index >= 15 is 0 Å². The molecule has 1 aliphatic heterocycles. The third-order valence-corrected chi connectivity index (χ3v) is 5.93. The molecule has 1 aromatic heterocycles. The number of hydrogen-bond donors (Lipinski definition) is 1. The molecule has 5 nitrogen and oxygen atoms in total. The summed E-state index contributed by atoms with van der Waals surface area (Å²) >= 11 is 7.50. The predicted octanol–water partition coefficient (Wildman–Crippen LogP) is 4.65. The zero-order valence-electron chi connectivity index (χ0n) is 15.5. The molecule has 1 N–H and O–H groups in total. The molecule has 2 aromatic carbocycles. The average molecular weight is 424 g/mol. The molecule has 2 amide bonds. The lowest BCUT2D eigenvalue weighted by atomic mass is 10.1. The monoisotopic (exact) mass is 423 g/mol. The Bertz CT molecular complexity index is 1080. The van der Waals surface area contributed by atoms with Crippen molar-refractivity contribution in [2.45, 2.75) is 13.0 Å². The number of thiazole rings is 1. The third kappa shape index (κ3) is 4.55. The lowest BCUT2D eigenvalue weighted by Gasteiger charge is -2.26. The highest BCUT2D eigenvalue weighted by Gasteiger charge is 2.25. The van der Waals surface area contributed by atoms with Crippen LogP contribution < -0.4 is 5.32 Å². The molecule has 146 valence electrons. The molecule has 0 saturated heterocycles. The number of nitrogens with one attached hydrogen (secondary N) is 1. The molecule has 0 bridgehead atoms. The number of carbonyl (C=O) groups excluding carboxylic acids is 2. The van der Waals surface area contributed by atoms with E-state index < -0.39 is 0 Å². The number of carbonyl (C=O) groups is 2. The number of amides is 2. The highest BCUT2D eigenvalue weighted by molar-refractivity contribution is 7.15. The van der Waals surface area contributed by atoms with Crippen molar-refractivity contribution in [1.82, 2.24) is 9.88 Å². The molecule has 1 aliphatic rings. The topological polar surface area (TPSA) is 62.3 Å². The summed E-state index contributed by atoms with van der Waals surface area (Å²) in [5.41, 5.74) is 2.40. The van der Waals surface area contributed by atoms with Crippen molar-refractivity contribution < 1.29 is 9.59 Å². The molecule has 0 atom stereocenters. The minimum atomic E-state index is -0.270. The van der Waals surface area contributed by atoms with Gasteiger partial charge in [-0.25, -0.2) is 4.98 Å². The maximum atomic E-state index is 12.7. The summed E-state index contributed by atoms with van der Waals surface area (Å²) in [6.45, 7) is 1.12. The van der Waals surface area contributed by atoms with Gasteiger partial charge in [0.05, 0.1) is 12.2 Å². The van der Waals surface area contributed by atoms with E-state index in [-0.39, 0.29) is 11.8 Å². The Kier molecular flexibility index (Phi) is 5.74. The molecule has 0 unspecified atom stereocenters.